The van der Waals surface area contributed by atoms with Gasteiger partial charge in [0.2, 0.25) is 0 Å². The quantitative estimate of drug-likeness (QED) is 0.0159. The molecule has 71 nitrogen and oxygen atoms in total. The van der Waals surface area contributed by atoms with E-state index in [4.69, 9.17) is 87.4 Å². The topological polar surface area (TPSA) is 1010 Å². The van der Waals surface area contributed by atoms with Crippen molar-refractivity contribution >= 4 is 54.8 Å². The van der Waals surface area contributed by atoms with Crippen molar-refractivity contribution < 1.29 is 204 Å². The second-order valence-electron chi connectivity index (χ2n) is 30.8. The number of hydrogen-bond acceptors (Lipinski definition) is 49. The zero-order chi connectivity index (χ0) is 103. The number of hydrogen-bond donors (Lipinski definition) is 23. The minimum absolute atomic E-state index is 0.386. The molecular formula is C63H79N14O57P7. The zero-order valence-corrected chi connectivity index (χ0v) is 76.1. The summed E-state index contributed by atoms with van der Waals surface area (Å²) in [7, 11) is -41.7. The maximum atomic E-state index is 14.4. The molecule has 0 amide bonds. The first-order chi connectivity index (χ1) is 65.9. The summed E-state index contributed by atoms with van der Waals surface area (Å²) in [6, 6.07) is 4.96. The van der Waals surface area contributed by atoms with Crippen LogP contribution >= 0.6 is 54.8 Å². The Morgan fingerprint density at radius 3 is 0.518 bits per heavy atom. The highest BCUT2D eigenvalue weighted by Gasteiger charge is 2.59. The van der Waals surface area contributed by atoms with Gasteiger partial charge in [0.1, 0.15) is 128 Å². The minimum Gasteiger partial charge on any atom is -0.387 e. The number of phosphoric ester groups is 7. The highest BCUT2D eigenvalue weighted by atomic mass is 31.2. The lowest BCUT2D eigenvalue weighted by Crippen LogP contribution is -2.40. The van der Waals surface area contributed by atoms with Crippen molar-refractivity contribution in [1.29, 1.82) is 0 Å². The van der Waals surface area contributed by atoms with Crippen LogP contribution in [0, 0.1) is 0 Å². The van der Waals surface area contributed by atoms with E-state index in [0.29, 0.717) is 87.1 Å². The van der Waals surface area contributed by atoms with Gasteiger partial charge in [0, 0.05) is 85.8 Å². The van der Waals surface area contributed by atoms with Crippen LogP contribution in [0.4, 0.5) is 0 Å². The number of nitrogens with one attached hydrogen (secondary N) is 7. The van der Waals surface area contributed by atoms with Crippen molar-refractivity contribution in [2.45, 2.75) is 172 Å². The molecule has 0 bridgehead atoms. The molecule has 7 fully saturated rings. The summed E-state index contributed by atoms with van der Waals surface area (Å²) in [5.74, 6) is 0. The zero-order valence-electron chi connectivity index (χ0n) is 69.9. The average Bonchev–Trinajstić information content (AvgIpc) is 1.67. The molecule has 141 heavy (non-hydrogen) atoms. The van der Waals surface area contributed by atoms with E-state index in [-0.39, 0.29) is 0 Å². The lowest BCUT2D eigenvalue weighted by molar-refractivity contribution is -0.0672. The van der Waals surface area contributed by atoms with E-state index >= 15 is 0 Å². The summed E-state index contributed by atoms with van der Waals surface area (Å²) < 4.78 is 206. The number of aromatic nitrogens is 14. The molecule has 0 radical (unpaired) electrons. The number of aliphatic hydroxyl groups excluding tert-OH is 8. The fourth-order valence-electron chi connectivity index (χ4n) is 15.1. The average molecular weight is 2160 g/mol. The lowest BCUT2D eigenvalue weighted by atomic mass is 10.1. The molecule has 14 rings (SSSR count). The monoisotopic (exact) mass is 2160 g/mol. The maximum Gasteiger partial charge on any atom is 0.472 e. The molecule has 14 heterocycles. The predicted octanol–water partition coefficient (Wildman–Crippen LogP) is -12.9. The molecule has 0 saturated carbocycles. The molecule has 7 saturated heterocycles. The molecule has 78 heteroatoms. The van der Waals surface area contributed by atoms with Crippen LogP contribution in [0.3, 0.4) is 0 Å². The Kier molecular flexibility index (Phi) is 32.5. The number of aliphatic hydroxyl groups is 8. The normalized spacial score (nSPS) is 33.3. The molecule has 34 atom stereocenters. The van der Waals surface area contributed by atoms with Crippen molar-refractivity contribution in [3.63, 3.8) is 0 Å². The molecule has 0 aromatic carbocycles. The van der Waals surface area contributed by atoms with E-state index in [0.717, 1.165) is 30.7 Å². The molecule has 23 N–H and O–H groups in total. The molecule has 0 aliphatic carbocycles. The number of rotatable bonds is 40. The van der Waals surface area contributed by atoms with Gasteiger partial charge in [0.15, 0.2) is 43.6 Å². The molecular weight excluding hydrogens is 2080 g/mol. The van der Waals surface area contributed by atoms with Gasteiger partial charge in [0.05, 0.1) is 46.2 Å². The first-order valence-corrected chi connectivity index (χ1v) is 50.3. The first-order valence-electron chi connectivity index (χ1n) is 39.8. The smallest absolute Gasteiger partial charge is 0.387 e. The van der Waals surface area contributed by atoms with Crippen LogP contribution in [-0.4, -0.2) is 321 Å². The van der Waals surface area contributed by atoms with Gasteiger partial charge in [-0.15, -0.1) is 0 Å². The van der Waals surface area contributed by atoms with Crippen LogP contribution < -0.4 is 78.7 Å². The summed E-state index contributed by atoms with van der Waals surface area (Å²) in [6.07, 6.45) is -59.2. The van der Waals surface area contributed by atoms with E-state index in [2.05, 4.69) is 4.52 Å². The van der Waals surface area contributed by atoms with E-state index in [1.165, 1.54) is 0 Å². The van der Waals surface area contributed by atoms with Crippen LogP contribution in [-0.2, 0) is 124 Å². The third-order valence-electron chi connectivity index (χ3n) is 21.4. The van der Waals surface area contributed by atoms with Gasteiger partial charge in [-0.05, 0) is 0 Å². The number of phosphoric acid groups is 7. The molecule has 7 aromatic rings. The maximum absolute atomic E-state index is 14.4. The number of H-pyrrole nitrogens is 7. The van der Waals surface area contributed by atoms with Gasteiger partial charge in [-0.2, -0.15) is 0 Å². The SMILES string of the molecule is O=c1ccn(C2OC(COP(=O)(O)OC3C(COP(=O)(O)OC4C(COP(=O)(O)OC5C(COP(=O)(O)OC6C(COP(=O)(O)OC7C(COP(=O)(O)OC8C(COP(=O)(O)O)OC(n9ccc(=O)[nH]c9=O)C8O)OC(n8ccc(=O)[nH]c8=O)C7O)OC(n7ccc(=O)[nH]c7=O)C6O)OC(n6ccc(=O)[nH]c6=O)C5O)OC(n5ccc(=O)[nH]c5=O)C4O)OC(n4ccc(=O)[nH]c4=O)C3O)C(O)C2O)c(=O)[nH]1. The Hall–Kier alpha value is -9.07. The number of ether oxygens (including phenoxy) is 7. The van der Waals surface area contributed by atoms with Crippen molar-refractivity contribution in [2.75, 3.05) is 46.2 Å². The molecule has 7 aliphatic heterocycles. The molecule has 7 aromatic heterocycles. The Labute approximate surface area is 772 Å². The van der Waals surface area contributed by atoms with Crippen LogP contribution in [0.5, 0.6) is 0 Å². The third-order valence-corrected chi connectivity index (χ3v) is 27.8. The van der Waals surface area contributed by atoms with E-state index in [1.54, 1.807) is 19.9 Å². The second kappa shape index (κ2) is 42.5. The predicted molar refractivity (Wildman–Crippen MR) is 437 cm³/mol. The van der Waals surface area contributed by atoms with Crippen LogP contribution in [0.2, 0.25) is 0 Å². The summed E-state index contributed by atoms with van der Waals surface area (Å²) >= 11 is 0. The molecule has 34 unspecified atom stereocenters. The second-order valence-corrected chi connectivity index (χ2v) is 40.5. The number of aromatic amines is 7. The van der Waals surface area contributed by atoms with Gasteiger partial charge in [0.25, 0.3) is 38.9 Å². The fraction of sp³-hybridized carbons (Fsp3) is 0.556. The van der Waals surface area contributed by atoms with E-state index in [9.17, 15) is 179 Å². The largest absolute Gasteiger partial charge is 0.472 e. The van der Waals surface area contributed by atoms with Gasteiger partial charge in [-0.3, -0.25) is 159 Å². The summed E-state index contributed by atoms with van der Waals surface area (Å²) in [5, 5.41) is 91.6. The highest BCUT2D eigenvalue weighted by molar-refractivity contribution is 7.49. The van der Waals surface area contributed by atoms with Gasteiger partial charge >= 0.3 is 94.6 Å². The van der Waals surface area contributed by atoms with Crippen molar-refractivity contribution in [3.05, 3.63) is 232 Å². The Morgan fingerprint density at radius 1 is 0.220 bits per heavy atom. The summed E-state index contributed by atoms with van der Waals surface area (Å²) in [6.45, 7) is -10.4. The Morgan fingerprint density at radius 2 is 0.362 bits per heavy atom. The van der Waals surface area contributed by atoms with Crippen LogP contribution in [0.25, 0.3) is 0 Å². The van der Waals surface area contributed by atoms with E-state index in [1.807, 2.05) is 15.0 Å². The minimum atomic E-state index is -6.20. The van der Waals surface area contributed by atoms with Gasteiger partial charge < -0.3 is 113 Å². The standard InChI is InChI=1S/C63H79N14O57P7/c78-29-1-8-71(57(93)64-29)50-37(86)36(85)22(122-50)15-116-136(103,104)130-45-24(124-52(39(45)88)73-10-3-31(80)66-59(73)95)17-118-138(107,108)132-47-26(126-54(41(47)90)75-12-5-33(82)68-61(75)97)19-120-140(111,112)134-49-28(128-56(43(49)92)77-14-7-35(84)70-63(77)99)21-121-141(113,114)133-48-27(127-55(42(48)91)76-13-6-34(83)69-62(76)98)20-119-139(109,110)131-46-25(125-53(40(46)89)74-11-4-32(81)67-60(74)96)18-117-137(105,106)129-44-23(16-115-135(100,101)102)123-51(38(44)87)72-9-2-30(79)65-58(72)94/h1-14,22-28,36-56,85-92H,15-21H2,(H,103,104)(H,105,106)(H,107,108)(H,109,110)(H,111,112)(H,113,114)(H,64,78,93)(H,65,79,94)(H,66,80,95)(H,67,81,96)(H,68,82,97)(H,69,83,98)(H,70,84,99)(H2,100,101,102). The molecule has 778 valence electrons. The lowest BCUT2D eigenvalue weighted by Gasteiger charge is -2.27. The summed E-state index contributed by atoms with van der Waals surface area (Å²) in [5.41, 5.74) is -16.6. The third kappa shape index (κ3) is 25.2. The van der Waals surface area contributed by atoms with Crippen LogP contribution in [0.1, 0.15) is 43.6 Å². The highest BCUT2D eigenvalue weighted by Crippen LogP contribution is 2.58. The van der Waals surface area contributed by atoms with E-state index < -0.39 is 352 Å². The molecule has 0 spiro atoms. The molecule has 7 aliphatic rings. The van der Waals surface area contributed by atoms with Gasteiger partial charge in [-0.1, -0.05) is 0 Å². The first kappa shape index (κ1) is 108. The fourth-order valence-corrected chi connectivity index (χ4v) is 21.2. The van der Waals surface area contributed by atoms with Crippen molar-refractivity contribution in [3.8, 4) is 0 Å². The van der Waals surface area contributed by atoms with Gasteiger partial charge in [-0.25, -0.2) is 65.5 Å². The Bertz CT molecular complexity index is 6960. The Balaban J connectivity index is 0.673. The van der Waals surface area contributed by atoms with Crippen molar-refractivity contribution in [1.82, 2.24) is 66.9 Å². The van der Waals surface area contributed by atoms with Crippen LogP contribution in [0.15, 0.2) is 153 Å². The summed E-state index contributed by atoms with van der Waals surface area (Å²) in [4.78, 5) is 275. The van der Waals surface area contributed by atoms with Crippen molar-refractivity contribution in [2.24, 2.45) is 0 Å². The number of nitrogens with zero attached hydrogens (tertiary/aromatic N) is 7.